The van der Waals surface area contributed by atoms with Crippen molar-refractivity contribution in [3.8, 4) is 0 Å². The van der Waals surface area contributed by atoms with E-state index < -0.39 is 6.09 Å². The van der Waals surface area contributed by atoms with Crippen LogP contribution >= 0.6 is 11.6 Å². The van der Waals surface area contributed by atoms with Crippen LogP contribution in [0.15, 0.2) is 24.3 Å². The fourth-order valence-corrected chi connectivity index (χ4v) is 3.06. The van der Waals surface area contributed by atoms with Crippen molar-refractivity contribution in [3.63, 3.8) is 0 Å². The number of rotatable bonds is 4. The van der Waals surface area contributed by atoms with Crippen LogP contribution in [0.3, 0.4) is 0 Å². The smallest absolute Gasteiger partial charge is 0.412 e. The molecule has 1 amide bonds. The van der Waals surface area contributed by atoms with Crippen LogP contribution in [-0.4, -0.2) is 23.1 Å². The summed E-state index contributed by atoms with van der Waals surface area (Å²) in [6.45, 7) is 0. The van der Waals surface area contributed by atoms with Gasteiger partial charge in [0.2, 0.25) is 0 Å². The van der Waals surface area contributed by atoms with E-state index >= 15 is 0 Å². The number of benzene rings is 1. The van der Waals surface area contributed by atoms with Gasteiger partial charge < -0.3 is 5.11 Å². The van der Waals surface area contributed by atoms with Crippen molar-refractivity contribution in [3.05, 3.63) is 29.8 Å². The molecule has 1 saturated carbocycles. The Hall–Kier alpha value is -1.22. The molecule has 0 heterocycles. The van der Waals surface area contributed by atoms with E-state index in [0.717, 1.165) is 36.9 Å². The first-order valence-electron chi connectivity index (χ1n) is 6.90. The van der Waals surface area contributed by atoms with E-state index in [-0.39, 0.29) is 6.04 Å². The number of halogens is 1. The zero-order valence-corrected chi connectivity index (χ0v) is 11.8. The zero-order valence-electron chi connectivity index (χ0n) is 11.0. The van der Waals surface area contributed by atoms with Gasteiger partial charge in [0.25, 0.3) is 0 Å². The Morgan fingerprint density at radius 1 is 1.26 bits per heavy atom. The summed E-state index contributed by atoms with van der Waals surface area (Å²) in [5.41, 5.74) is 1.83. The first kappa shape index (κ1) is 14.2. The van der Waals surface area contributed by atoms with Gasteiger partial charge in [0, 0.05) is 11.9 Å². The summed E-state index contributed by atoms with van der Waals surface area (Å²) in [5.74, 6) is 0.509. The third-order valence-electron chi connectivity index (χ3n) is 3.76. The van der Waals surface area contributed by atoms with E-state index in [4.69, 9.17) is 11.6 Å². The van der Waals surface area contributed by atoms with Gasteiger partial charge in [0.15, 0.2) is 0 Å². The second-order valence-corrected chi connectivity index (χ2v) is 5.39. The van der Waals surface area contributed by atoms with Crippen LogP contribution in [0, 0.1) is 0 Å². The summed E-state index contributed by atoms with van der Waals surface area (Å²) in [7, 11) is 0. The van der Waals surface area contributed by atoms with Gasteiger partial charge in [0.05, 0.1) is 5.69 Å². The molecule has 1 N–H and O–H groups in total. The Labute approximate surface area is 119 Å². The van der Waals surface area contributed by atoms with E-state index in [9.17, 15) is 9.90 Å². The van der Waals surface area contributed by atoms with Crippen LogP contribution in [-0.2, 0) is 6.42 Å². The normalized spacial score (nSPS) is 16.3. The summed E-state index contributed by atoms with van der Waals surface area (Å²) in [6, 6.07) is 7.81. The van der Waals surface area contributed by atoms with Gasteiger partial charge in [-0.3, -0.25) is 4.90 Å². The minimum Gasteiger partial charge on any atom is -0.465 e. The van der Waals surface area contributed by atoms with E-state index in [0.29, 0.717) is 12.3 Å². The number of carbonyl (C=O) groups is 1. The number of amides is 1. The molecule has 0 radical (unpaired) electrons. The molecule has 2 rings (SSSR count). The minimum absolute atomic E-state index is 0.114. The maximum Gasteiger partial charge on any atom is 0.412 e. The lowest BCUT2D eigenvalue weighted by molar-refractivity contribution is 0.196. The van der Waals surface area contributed by atoms with Crippen LogP contribution in [0.4, 0.5) is 10.5 Å². The molecule has 1 aliphatic carbocycles. The van der Waals surface area contributed by atoms with Gasteiger partial charge in [-0.15, -0.1) is 11.6 Å². The van der Waals surface area contributed by atoms with Crippen molar-refractivity contribution in [1.29, 1.82) is 0 Å². The minimum atomic E-state index is -0.853. The maximum atomic E-state index is 11.6. The number of anilines is 1. The summed E-state index contributed by atoms with van der Waals surface area (Å²) in [5, 5.41) is 9.56. The topological polar surface area (TPSA) is 40.5 Å². The molecule has 4 heteroatoms. The molecule has 19 heavy (non-hydrogen) atoms. The fraction of sp³-hybridized carbons (Fsp3) is 0.533. The molecule has 104 valence electrons. The summed E-state index contributed by atoms with van der Waals surface area (Å²) < 4.78 is 0. The fourth-order valence-electron chi connectivity index (χ4n) is 2.85. The predicted molar refractivity (Wildman–Crippen MR) is 78.2 cm³/mol. The summed E-state index contributed by atoms with van der Waals surface area (Å²) in [6.07, 6.45) is 5.22. The Morgan fingerprint density at radius 2 is 1.95 bits per heavy atom. The molecule has 1 fully saturated rings. The summed E-state index contributed by atoms with van der Waals surface area (Å²) >= 11 is 5.81. The third-order valence-corrected chi connectivity index (χ3v) is 3.95. The average molecular weight is 282 g/mol. The Balaban J connectivity index is 2.30. The number of nitrogens with zero attached hydrogens (tertiary/aromatic N) is 1. The first-order valence-corrected chi connectivity index (χ1v) is 7.43. The number of para-hydroxylation sites is 1. The van der Waals surface area contributed by atoms with Gasteiger partial charge in [0.1, 0.15) is 0 Å². The van der Waals surface area contributed by atoms with Gasteiger partial charge in [-0.05, 0) is 30.9 Å². The Bertz CT molecular complexity index is 430. The molecule has 0 aliphatic heterocycles. The van der Waals surface area contributed by atoms with Gasteiger partial charge in [-0.2, -0.15) is 0 Å². The van der Waals surface area contributed by atoms with Crippen molar-refractivity contribution in [2.24, 2.45) is 0 Å². The van der Waals surface area contributed by atoms with Crippen molar-refractivity contribution >= 4 is 23.4 Å². The number of alkyl halides is 1. The molecular formula is C15H20ClNO2. The van der Waals surface area contributed by atoms with Crippen molar-refractivity contribution in [2.75, 3.05) is 10.8 Å². The molecule has 0 aromatic heterocycles. The SMILES string of the molecule is O=C(O)N(c1ccccc1CCCl)C1CCCCC1. The number of carboxylic acid groups (broad SMARTS) is 1. The molecule has 0 atom stereocenters. The molecule has 0 spiro atoms. The molecule has 1 aliphatic rings. The lowest BCUT2D eigenvalue weighted by Crippen LogP contribution is -2.41. The molecule has 3 nitrogen and oxygen atoms in total. The highest BCUT2D eigenvalue weighted by Crippen LogP contribution is 2.30. The molecule has 0 unspecified atom stereocenters. The standard InChI is InChI=1S/C15H20ClNO2/c16-11-10-12-6-4-5-9-14(12)17(15(18)19)13-7-2-1-3-8-13/h4-6,9,13H,1-3,7-8,10-11H2,(H,18,19). The van der Waals surface area contributed by atoms with Crippen LogP contribution < -0.4 is 4.90 Å². The highest BCUT2D eigenvalue weighted by Gasteiger charge is 2.27. The number of hydrogen-bond acceptors (Lipinski definition) is 1. The van der Waals surface area contributed by atoms with Gasteiger partial charge in [-0.1, -0.05) is 37.5 Å². The quantitative estimate of drug-likeness (QED) is 0.837. The lowest BCUT2D eigenvalue weighted by atomic mass is 9.93. The zero-order chi connectivity index (χ0) is 13.7. The van der Waals surface area contributed by atoms with E-state index in [1.165, 1.54) is 6.42 Å². The average Bonchev–Trinajstić information content (AvgIpc) is 2.42. The van der Waals surface area contributed by atoms with Crippen LogP contribution in [0.5, 0.6) is 0 Å². The van der Waals surface area contributed by atoms with Gasteiger partial charge in [-0.25, -0.2) is 4.79 Å². The third kappa shape index (κ3) is 3.41. The maximum absolute atomic E-state index is 11.6. The molecule has 0 bridgehead atoms. The molecule has 1 aromatic rings. The number of hydrogen-bond donors (Lipinski definition) is 1. The monoisotopic (exact) mass is 281 g/mol. The second-order valence-electron chi connectivity index (χ2n) is 5.01. The summed E-state index contributed by atoms with van der Waals surface area (Å²) in [4.78, 5) is 13.2. The van der Waals surface area contributed by atoms with Crippen LogP contribution in [0.25, 0.3) is 0 Å². The van der Waals surface area contributed by atoms with Gasteiger partial charge >= 0.3 is 6.09 Å². The van der Waals surface area contributed by atoms with Crippen molar-refractivity contribution in [1.82, 2.24) is 0 Å². The van der Waals surface area contributed by atoms with E-state index in [2.05, 4.69) is 0 Å². The highest BCUT2D eigenvalue weighted by atomic mass is 35.5. The Kier molecular flexibility index (Phi) is 5.08. The first-order chi connectivity index (χ1) is 9.24. The van der Waals surface area contributed by atoms with Crippen molar-refractivity contribution < 1.29 is 9.90 Å². The van der Waals surface area contributed by atoms with Crippen LogP contribution in [0.1, 0.15) is 37.7 Å². The van der Waals surface area contributed by atoms with Crippen LogP contribution in [0.2, 0.25) is 0 Å². The largest absolute Gasteiger partial charge is 0.465 e. The molecule has 1 aromatic carbocycles. The highest BCUT2D eigenvalue weighted by molar-refractivity contribution is 6.18. The second kappa shape index (κ2) is 6.80. The van der Waals surface area contributed by atoms with E-state index in [1.807, 2.05) is 24.3 Å². The van der Waals surface area contributed by atoms with Crippen molar-refractivity contribution in [2.45, 2.75) is 44.6 Å². The number of aryl methyl sites for hydroxylation is 1. The van der Waals surface area contributed by atoms with E-state index in [1.54, 1.807) is 4.90 Å². The molecule has 0 saturated heterocycles. The predicted octanol–water partition coefficient (Wildman–Crippen LogP) is 4.29. The lowest BCUT2D eigenvalue weighted by Gasteiger charge is -2.33. The Morgan fingerprint density at radius 3 is 2.58 bits per heavy atom. The molecular weight excluding hydrogens is 262 g/mol.